The minimum absolute atomic E-state index is 0.0221. The summed E-state index contributed by atoms with van der Waals surface area (Å²) in [6.07, 6.45) is -4.68. The SMILES string of the molecule is Cc1nn(-c2ccccc2)c(C)c1CN1CCN(C(=O)c2cc3nc(-c4ccc(C(C)C)cc4)cc(C(F)(F)F)n3n2)CC1. The zero-order valence-corrected chi connectivity index (χ0v) is 25.1. The van der Waals surface area contributed by atoms with Crippen molar-refractivity contribution in [2.24, 2.45) is 0 Å². The summed E-state index contributed by atoms with van der Waals surface area (Å²) < 4.78 is 45.1. The van der Waals surface area contributed by atoms with Crippen LogP contribution in [0.5, 0.6) is 0 Å². The van der Waals surface area contributed by atoms with Gasteiger partial charge < -0.3 is 4.90 Å². The summed E-state index contributed by atoms with van der Waals surface area (Å²) in [7, 11) is 0. The molecule has 2 aromatic carbocycles. The van der Waals surface area contributed by atoms with Crippen LogP contribution in [0.1, 0.15) is 58.5 Å². The molecule has 11 heteroatoms. The number of fused-ring (bicyclic) bond motifs is 1. The lowest BCUT2D eigenvalue weighted by molar-refractivity contribution is -0.142. The van der Waals surface area contributed by atoms with Crippen molar-refractivity contribution in [1.29, 1.82) is 0 Å². The topological polar surface area (TPSA) is 71.6 Å². The third kappa shape index (κ3) is 5.71. The molecule has 0 saturated carbocycles. The van der Waals surface area contributed by atoms with E-state index in [0.29, 0.717) is 44.2 Å². The number of halogens is 3. The zero-order valence-electron chi connectivity index (χ0n) is 25.1. The molecule has 4 heterocycles. The van der Waals surface area contributed by atoms with Gasteiger partial charge in [-0.2, -0.15) is 23.4 Å². The van der Waals surface area contributed by atoms with Gasteiger partial charge >= 0.3 is 6.18 Å². The number of alkyl halides is 3. The molecule has 1 amide bonds. The summed E-state index contributed by atoms with van der Waals surface area (Å²) in [5.41, 5.74) is 4.94. The molecule has 0 N–H and O–H groups in total. The average molecular weight is 602 g/mol. The largest absolute Gasteiger partial charge is 0.433 e. The summed E-state index contributed by atoms with van der Waals surface area (Å²) in [6.45, 7) is 11.0. The van der Waals surface area contributed by atoms with Gasteiger partial charge in [-0.3, -0.25) is 9.69 Å². The Morgan fingerprint density at radius 2 is 1.59 bits per heavy atom. The molecule has 0 unspecified atom stereocenters. The molecule has 0 aliphatic carbocycles. The Balaban J connectivity index is 1.19. The smallest absolute Gasteiger partial charge is 0.335 e. The molecule has 3 aromatic heterocycles. The molecule has 5 aromatic rings. The van der Waals surface area contributed by atoms with Crippen molar-refractivity contribution in [3.63, 3.8) is 0 Å². The number of rotatable bonds is 6. The van der Waals surface area contributed by atoms with Gasteiger partial charge in [-0.05, 0) is 43.5 Å². The van der Waals surface area contributed by atoms with Crippen LogP contribution in [0.4, 0.5) is 13.2 Å². The number of hydrogen-bond acceptors (Lipinski definition) is 5. The van der Waals surface area contributed by atoms with E-state index in [2.05, 4.69) is 35.8 Å². The molecule has 1 aliphatic heterocycles. The number of benzene rings is 2. The van der Waals surface area contributed by atoms with Crippen LogP contribution in [-0.2, 0) is 12.7 Å². The third-order valence-electron chi connectivity index (χ3n) is 8.29. The lowest BCUT2D eigenvalue weighted by Crippen LogP contribution is -2.48. The van der Waals surface area contributed by atoms with E-state index in [0.717, 1.165) is 38.8 Å². The molecule has 44 heavy (non-hydrogen) atoms. The summed E-state index contributed by atoms with van der Waals surface area (Å²) in [6, 6.07) is 19.6. The number of para-hydroxylation sites is 1. The highest BCUT2D eigenvalue weighted by atomic mass is 19.4. The molecular formula is C33H34F3N7O. The number of piperazine rings is 1. The molecule has 0 radical (unpaired) electrons. The lowest BCUT2D eigenvalue weighted by Gasteiger charge is -2.34. The number of nitrogens with zero attached hydrogens (tertiary/aromatic N) is 7. The first-order valence-electron chi connectivity index (χ1n) is 14.7. The maximum absolute atomic E-state index is 14.1. The highest BCUT2D eigenvalue weighted by molar-refractivity contribution is 5.93. The van der Waals surface area contributed by atoms with Crippen LogP contribution in [-0.4, -0.2) is 66.3 Å². The van der Waals surface area contributed by atoms with Crippen LogP contribution in [0.2, 0.25) is 0 Å². The van der Waals surface area contributed by atoms with E-state index in [4.69, 9.17) is 5.10 Å². The summed E-state index contributed by atoms with van der Waals surface area (Å²) in [5.74, 6) is -0.113. The van der Waals surface area contributed by atoms with Crippen molar-refractivity contribution in [1.82, 2.24) is 34.2 Å². The van der Waals surface area contributed by atoms with E-state index in [-0.39, 0.29) is 17.0 Å². The van der Waals surface area contributed by atoms with Gasteiger partial charge in [0.05, 0.1) is 17.1 Å². The Labute approximate surface area is 253 Å². The lowest BCUT2D eigenvalue weighted by atomic mass is 10.0. The zero-order chi connectivity index (χ0) is 31.2. The molecule has 0 spiro atoms. The van der Waals surface area contributed by atoms with E-state index >= 15 is 0 Å². The van der Waals surface area contributed by atoms with Crippen LogP contribution >= 0.6 is 0 Å². The highest BCUT2D eigenvalue weighted by Gasteiger charge is 2.36. The average Bonchev–Trinajstić information content (AvgIpc) is 3.57. The number of carbonyl (C=O) groups excluding carboxylic acids is 1. The van der Waals surface area contributed by atoms with Crippen LogP contribution in [0, 0.1) is 13.8 Å². The maximum atomic E-state index is 14.1. The van der Waals surface area contributed by atoms with E-state index in [1.807, 2.05) is 54.1 Å². The van der Waals surface area contributed by atoms with Crippen molar-refractivity contribution >= 4 is 11.6 Å². The Morgan fingerprint density at radius 3 is 2.23 bits per heavy atom. The van der Waals surface area contributed by atoms with Crippen molar-refractivity contribution in [2.75, 3.05) is 26.2 Å². The standard InChI is InChI=1S/C33H34F3N7O/c1-21(2)24-10-12-25(13-11-24)28-18-30(33(34,35)36)43-31(37-28)19-29(39-43)32(44)41-16-14-40(15-17-41)20-27-22(3)38-42(23(27)4)26-8-6-5-7-9-26/h5-13,18-19,21H,14-17,20H2,1-4H3. The third-order valence-corrected chi connectivity index (χ3v) is 8.29. The predicted molar refractivity (Wildman–Crippen MR) is 162 cm³/mol. The quantitative estimate of drug-likeness (QED) is 0.229. The minimum atomic E-state index is -4.68. The Kier molecular flexibility index (Phi) is 7.75. The van der Waals surface area contributed by atoms with E-state index in [1.54, 1.807) is 17.0 Å². The van der Waals surface area contributed by atoms with Crippen LogP contribution in [0.25, 0.3) is 22.6 Å². The Hall–Kier alpha value is -4.51. The van der Waals surface area contributed by atoms with Gasteiger partial charge in [0, 0.05) is 55.6 Å². The summed E-state index contributed by atoms with van der Waals surface area (Å²) in [4.78, 5) is 21.8. The number of amides is 1. The highest BCUT2D eigenvalue weighted by Crippen LogP contribution is 2.33. The molecule has 1 aliphatic rings. The molecule has 6 rings (SSSR count). The molecule has 0 bridgehead atoms. The van der Waals surface area contributed by atoms with Crippen LogP contribution in [0.15, 0.2) is 66.7 Å². The summed E-state index contributed by atoms with van der Waals surface area (Å²) in [5, 5.41) is 8.83. The molecule has 8 nitrogen and oxygen atoms in total. The number of carbonyl (C=O) groups is 1. The van der Waals surface area contributed by atoms with Crippen molar-refractivity contribution in [2.45, 2.75) is 46.3 Å². The fraction of sp³-hybridized carbons (Fsp3) is 0.333. The minimum Gasteiger partial charge on any atom is -0.335 e. The van der Waals surface area contributed by atoms with Gasteiger partial charge in [0.25, 0.3) is 5.91 Å². The molecule has 228 valence electrons. The van der Waals surface area contributed by atoms with Gasteiger partial charge in [0.15, 0.2) is 17.0 Å². The van der Waals surface area contributed by atoms with E-state index in [9.17, 15) is 18.0 Å². The first kappa shape index (κ1) is 29.6. The normalized spacial score (nSPS) is 14.6. The fourth-order valence-electron chi connectivity index (χ4n) is 5.69. The van der Waals surface area contributed by atoms with Gasteiger partial charge in [-0.15, -0.1) is 0 Å². The van der Waals surface area contributed by atoms with E-state index < -0.39 is 17.8 Å². The first-order chi connectivity index (χ1) is 21.0. The van der Waals surface area contributed by atoms with E-state index in [1.165, 1.54) is 6.07 Å². The van der Waals surface area contributed by atoms with Gasteiger partial charge in [0.1, 0.15) is 0 Å². The predicted octanol–water partition coefficient (Wildman–Crippen LogP) is 6.30. The summed E-state index contributed by atoms with van der Waals surface area (Å²) >= 11 is 0. The van der Waals surface area contributed by atoms with Crippen molar-refractivity contribution in [3.8, 4) is 16.9 Å². The molecule has 1 fully saturated rings. The second-order valence-corrected chi connectivity index (χ2v) is 11.6. The van der Waals surface area contributed by atoms with Crippen LogP contribution in [0.3, 0.4) is 0 Å². The molecule has 1 saturated heterocycles. The fourth-order valence-corrected chi connectivity index (χ4v) is 5.69. The molecule has 0 atom stereocenters. The van der Waals surface area contributed by atoms with Crippen molar-refractivity contribution < 1.29 is 18.0 Å². The Bertz CT molecular complexity index is 1800. The molecular weight excluding hydrogens is 567 g/mol. The van der Waals surface area contributed by atoms with Gasteiger partial charge in [-0.1, -0.05) is 56.3 Å². The van der Waals surface area contributed by atoms with Crippen LogP contribution < -0.4 is 0 Å². The maximum Gasteiger partial charge on any atom is 0.433 e. The van der Waals surface area contributed by atoms with Crippen molar-refractivity contribution in [3.05, 3.63) is 101 Å². The second kappa shape index (κ2) is 11.5. The number of aryl methyl sites for hydroxylation is 1. The Morgan fingerprint density at radius 1 is 0.909 bits per heavy atom. The number of hydrogen-bond donors (Lipinski definition) is 0. The van der Waals surface area contributed by atoms with Gasteiger partial charge in [-0.25, -0.2) is 14.2 Å². The first-order valence-corrected chi connectivity index (χ1v) is 14.7. The second-order valence-electron chi connectivity index (χ2n) is 11.6. The van der Waals surface area contributed by atoms with Gasteiger partial charge in [0.2, 0.25) is 0 Å². The monoisotopic (exact) mass is 601 g/mol. The number of aromatic nitrogens is 5.